The van der Waals surface area contributed by atoms with Crippen molar-refractivity contribution in [1.29, 1.82) is 0 Å². The second kappa shape index (κ2) is 8.03. The van der Waals surface area contributed by atoms with E-state index in [1.54, 1.807) is 45.2 Å². The fraction of sp³-hybridized carbons (Fsp3) is 0.316. The Kier molecular flexibility index (Phi) is 5.53. The highest BCUT2D eigenvalue weighted by molar-refractivity contribution is 5.44. The van der Waals surface area contributed by atoms with E-state index in [1.807, 2.05) is 6.92 Å². The van der Waals surface area contributed by atoms with E-state index in [9.17, 15) is 9.59 Å². The van der Waals surface area contributed by atoms with Gasteiger partial charge in [0.15, 0.2) is 5.69 Å². The van der Waals surface area contributed by atoms with Crippen LogP contribution in [0.5, 0.6) is 5.75 Å². The monoisotopic (exact) mass is 382 g/mol. The van der Waals surface area contributed by atoms with Crippen LogP contribution in [-0.2, 0) is 6.42 Å². The molecule has 2 heterocycles. The van der Waals surface area contributed by atoms with Gasteiger partial charge in [0, 0.05) is 5.56 Å². The molecule has 0 bridgehead atoms. The number of nitrogens with one attached hydrogen (secondary N) is 2. The Morgan fingerprint density at radius 2 is 1.86 bits per heavy atom. The number of rotatable bonds is 6. The molecule has 1 aromatic carbocycles. The second-order valence-electron chi connectivity index (χ2n) is 6.33. The van der Waals surface area contributed by atoms with Crippen molar-refractivity contribution in [1.82, 2.24) is 19.7 Å². The Morgan fingerprint density at radius 1 is 1.14 bits per heavy atom. The minimum absolute atomic E-state index is 0.126. The minimum Gasteiger partial charge on any atom is -0.497 e. The number of aromatic amines is 2. The first-order chi connectivity index (χ1) is 13.4. The van der Waals surface area contributed by atoms with Crippen LogP contribution in [0, 0.1) is 13.8 Å². The number of ether oxygens (including phenoxy) is 1. The van der Waals surface area contributed by atoms with Gasteiger partial charge in [-0.1, -0.05) is 13.3 Å². The average molecular weight is 382 g/mol. The molecule has 0 saturated carbocycles. The van der Waals surface area contributed by atoms with Gasteiger partial charge in [-0.25, -0.2) is 4.98 Å². The molecule has 0 saturated heterocycles. The smallest absolute Gasteiger partial charge is 0.301 e. The van der Waals surface area contributed by atoms with E-state index < -0.39 is 5.56 Å². The van der Waals surface area contributed by atoms with Crippen LogP contribution in [0.1, 0.15) is 30.3 Å². The molecule has 0 aliphatic heterocycles. The van der Waals surface area contributed by atoms with Crippen LogP contribution in [0.4, 0.5) is 11.4 Å². The van der Waals surface area contributed by atoms with E-state index in [4.69, 9.17) is 4.74 Å². The van der Waals surface area contributed by atoms with Gasteiger partial charge in [-0.05, 0) is 44.5 Å². The van der Waals surface area contributed by atoms with Crippen LogP contribution < -0.4 is 15.9 Å². The molecule has 2 N–H and O–H groups in total. The van der Waals surface area contributed by atoms with Gasteiger partial charge in [0.1, 0.15) is 5.75 Å². The molecule has 0 radical (unpaired) electrons. The summed E-state index contributed by atoms with van der Waals surface area (Å²) in [5.74, 6) is 0.831. The first kappa shape index (κ1) is 19.3. The predicted octanol–water partition coefficient (Wildman–Crippen LogP) is 3.24. The lowest BCUT2D eigenvalue weighted by Gasteiger charge is -2.06. The molecular formula is C19H22N6O3. The lowest BCUT2D eigenvalue weighted by Crippen LogP contribution is -2.24. The van der Waals surface area contributed by atoms with Crippen LogP contribution in [-0.4, -0.2) is 26.9 Å². The number of hydrogen-bond donors (Lipinski definition) is 2. The van der Waals surface area contributed by atoms with Crippen molar-refractivity contribution in [3.8, 4) is 11.7 Å². The van der Waals surface area contributed by atoms with Gasteiger partial charge in [-0.3, -0.25) is 19.7 Å². The van der Waals surface area contributed by atoms with Crippen molar-refractivity contribution in [2.75, 3.05) is 7.11 Å². The number of aromatic nitrogens is 4. The van der Waals surface area contributed by atoms with Gasteiger partial charge in [-0.15, -0.1) is 5.11 Å². The molecule has 2 aromatic heterocycles. The van der Waals surface area contributed by atoms with Crippen LogP contribution in [0.25, 0.3) is 5.95 Å². The molecule has 0 aliphatic carbocycles. The maximum atomic E-state index is 12.7. The van der Waals surface area contributed by atoms with Crippen molar-refractivity contribution in [3.63, 3.8) is 0 Å². The molecular weight excluding hydrogens is 360 g/mol. The summed E-state index contributed by atoms with van der Waals surface area (Å²) in [6.07, 6.45) is 1.47. The Morgan fingerprint density at radius 3 is 2.46 bits per heavy atom. The molecule has 9 nitrogen and oxygen atoms in total. The first-order valence-electron chi connectivity index (χ1n) is 8.92. The quantitative estimate of drug-likeness (QED) is 0.636. The van der Waals surface area contributed by atoms with Crippen LogP contribution in [0.2, 0.25) is 0 Å². The molecule has 146 valence electrons. The molecule has 0 atom stereocenters. The Bertz CT molecular complexity index is 1120. The third kappa shape index (κ3) is 3.78. The lowest BCUT2D eigenvalue weighted by molar-refractivity contribution is 0.415. The Labute approximate surface area is 161 Å². The summed E-state index contributed by atoms with van der Waals surface area (Å²) < 4.78 is 6.27. The highest BCUT2D eigenvalue weighted by Crippen LogP contribution is 2.21. The molecule has 3 rings (SSSR count). The highest BCUT2D eigenvalue weighted by Gasteiger charge is 2.15. The summed E-state index contributed by atoms with van der Waals surface area (Å²) in [6, 6.07) is 6.98. The Hall–Kier alpha value is -3.49. The van der Waals surface area contributed by atoms with Crippen molar-refractivity contribution in [3.05, 3.63) is 61.9 Å². The number of aryl methyl sites for hydroxylation is 2. The third-order valence-corrected chi connectivity index (χ3v) is 4.30. The van der Waals surface area contributed by atoms with Crippen molar-refractivity contribution in [2.24, 2.45) is 10.2 Å². The first-order valence-corrected chi connectivity index (χ1v) is 8.92. The molecule has 0 fully saturated rings. The third-order valence-electron chi connectivity index (χ3n) is 4.30. The molecule has 28 heavy (non-hydrogen) atoms. The zero-order chi connectivity index (χ0) is 20.3. The molecule has 0 unspecified atom stereocenters. The molecule has 0 amide bonds. The summed E-state index contributed by atoms with van der Waals surface area (Å²) >= 11 is 0. The number of methoxy groups -OCH3 is 1. The van der Waals surface area contributed by atoms with Gasteiger partial charge in [-0.2, -0.15) is 9.80 Å². The maximum Gasteiger partial charge on any atom is 0.301 e. The van der Waals surface area contributed by atoms with Crippen molar-refractivity contribution >= 4 is 11.4 Å². The molecule has 0 spiro atoms. The zero-order valence-corrected chi connectivity index (χ0v) is 16.2. The number of nitrogens with zero attached hydrogens (tertiary/aromatic N) is 4. The maximum absolute atomic E-state index is 12.7. The summed E-state index contributed by atoms with van der Waals surface area (Å²) in [4.78, 5) is 32.1. The zero-order valence-electron chi connectivity index (χ0n) is 16.2. The lowest BCUT2D eigenvalue weighted by atomic mass is 10.1. The largest absolute Gasteiger partial charge is 0.497 e. The van der Waals surface area contributed by atoms with E-state index in [-0.39, 0.29) is 17.2 Å². The predicted molar refractivity (Wildman–Crippen MR) is 105 cm³/mol. The average Bonchev–Trinajstić information content (AvgIpc) is 2.97. The van der Waals surface area contributed by atoms with Gasteiger partial charge in [0.05, 0.1) is 24.2 Å². The Balaban J connectivity index is 1.97. The topological polar surface area (TPSA) is 117 Å². The van der Waals surface area contributed by atoms with Gasteiger partial charge >= 0.3 is 5.56 Å². The fourth-order valence-corrected chi connectivity index (χ4v) is 2.81. The van der Waals surface area contributed by atoms with E-state index in [0.29, 0.717) is 34.8 Å². The van der Waals surface area contributed by atoms with E-state index in [2.05, 4.69) is 25.3 Å². The summed E-state index contributed by atoms with van der Waals surface area (Å²) in [5, 5.41) is 11.1. The summed E-state index contributed by atoms with van der Waals surface area (Å²) in [5.41, 5.74) is 1.78. The van der Waals surface area contributed by atoms with Crippen LogP contribution in [0.15, 0.2) is 44.1 Å². The van der Waals surface area contributed by atoms with E-state index in [0.717, 1.165) is 6.42 Å². The molecule has 9 heteroatoms. The normalized spacial score (nSPS) is 11.3. The van der Waals surface area contributed by atoms with Crippen molar-refractivity contribution < 1.29 is 4.74 Å². The van der Waals surface area contributed by atoms with E-state index in [1.165, 1.54) is 4.68 Å². The number of hydrogen-bond acceptors (Lipinski definition) is 6. The standard InChI is InChI=1S/C19H22N6O3/c1-5-6-15-11(2)20-19(21-17(15)26)25-18(27)16(12(3)24-25)23-22-13-7-9-14(28-4)10-8-13/h7-10,24H,5-6H2,1-4H3,(H,20,21,26). The highest BCUT2D eigenvalue weighted by atomic mass is 16.5. The fourth-order valence-electron chi connectivity index (χ4n) is 2.81. The second-order valence-corrected chi connectivity index (χ2v) is 6.33. The van der Waals surface area contributed by atoms with Crippen LogP contribution >= 0.6 is 0 Å². The van der Waals surface area contributed by atoms with Gasteiger partial charge in [0.25, 0.3) is 5.56 Å². The summed E-state index contributed by atoms with van der Waals surface area (Å²) in [6.45, 7) is 5.46. The number of benzene rings is 1. The van der Waals surface area contributed by atoms with Crippen molar-refractivity contribution in [2.45, 2.75) is 33.6 Å². The number of azo groups is 1. The molecule has 0 aliphatic rings. The molecule has 3 aromatic rings. The van der Waals surface area contributed by atoms with E-state index >= 15 is 0 Å². The summed E-state index contributed by atoms with van der Waals surface area (Å²) in [7, 11) is 1.58. The van der Waals surface area contributed by atoms with Gasteiger partial charge < -0.3 is 4.74 Å². The SMILES string of the molecule is CCCc1c(C)nc(-n2[nH]c(C)c(N=Nc3ccc(OC)cc3)c2=O)[nH]c1=O. The minimum atomic E-state index is -0.444. The van der Waals surface area contributed by atoms with Crippen LogP contribution in [0.3, 0.4) is 0 Å². The number of H-pyrrole nitrogens is 2. The van der Waals surface area contributed by atoms with Gasteiger partial charge in [0.2, 0.25) is 5.95 Å².